The van der Waals surface area contributed by atoms with E-state index in [-0.39, 0.29) is 5.75 Å². The first-order valence-electron chi connectivity index (χ1n) is 8.25. The number of alkyl halides is 3. The number of nitrogen functional groups attached to an aromatic ring is 1. The number of nitrogens with one attached hydrogen (secondary N) is 2. The van der Waals surface area contributed by atoms with Gasteiger partial charge in [0, 0.05) is 29.3 Å². The molecule has 26 heavy (non-hydrogen) atoms. The van der Waals surface area contributed by atoms with Gasteiger partial charge in [-0.25, -0.2) is 0 Å². The van der Waals surface area contributed by atoms with E-state index >= 15 is 0 Å². The van der Waals surface area contributed by atoms with E-state index in [1.165, 1.54) is 11.6 Å². The van der Waals surface area contributed by atoms with Crippen LogP contribution in [-0.4, -0.2) is 24.3 Å². The van der Waals surface area contributed by atoms with E-state index < -0.39 is 12.8 Å². The lowest BCUT2D eigenvalue weighted by atomic mass is 10.1. The number of fused-ring (bicyclic) bond motifs is 1. The second-order valence-electron chi connectivity index (χ2n) is 6.10. The zero-order valence-electron chi connectivity index (χ0n) is 14.1. The van der Waals surface area contributed by atoms with Crippen LogP contribution in [0.3, 0.4) is 0 Å². The Bertz CT molecular complexity index is 874. The van der Waals surface area contributed by atoms with Crippen LogP contribution in [0, 0.1) is 0 Å². The maximum atomic E-state index is 12.2. The van der Waals surface area contributed by atoms with E-state index in [4.69, 9.17) is 10.5 Å². The molecule has 138 valence electrons. The molecule has 0 saturated carbocycles. The molecule has 0 atom stereocenters. The molecule has 0 bridgehead atoms. The summed E-state index contributed by atoms with van der Waals surface area (Å²) >= 11 is 0. The molecule has 1 heterocycles. The summed E-state index contributed by atoms with van der Waals surface area (Å²) in [7, 11) is 0. The third kappa shape index (κ3) is 4.92. The van der Waals surface area contributed by atoms with Gasteiger partial charge in [-0.05, 0) is 54.4 Å². The summed E-state index contributed by atoms with van der Waals surface area (Å²) in [5.74, 6) is 0.216. The fourth-order valence-electron chi connectivity index (χ4n) is 2.77. The third-order valence-corrected chi connectivity index (χ3v) is 3.99. The van der Waals surface area contributed by atoms with Crippen molar-refractivity contribution in [3.8, 4) is 5.75 Å². The van der Waals surface area contributed by atoms with Crippen molar-refractivity contribution in [1.82, 2.24) is 10.3 Å². The van der Waals surface area contributed by atoms with Gasteiger partial charge in [-0.2, -0.15) is 13.2 Å². The highest BCUT2D eigenvalue weighted by Crippen LogP contribution is 2.21. The Labute approximate surface area is 149 Å². The van der Waals surface area contributed by atoms with Crippen LogP contribution < -0.4 is 15.8 Å². The van der Waals surface area contributed by atoms with Gasteiger partial charge in [0.25, 0.3) is 0 Å². The van der Waals surface area contributed by atoms with Gasteiger partial charge in [0.1, 0.15) is 5.75 Å². The quantitative estimate of drug-likeness (QED) is 0.439. The summed E-state index contributed by atoms with van der Waals surface area (Å²) in [5.41, 5.74) is 9.64. The van der Waals surface area contributed by atoms with Gasteiger partial charge in [-0.15, -0.1) is 0 Å². The van der Waals surface area contributed by atoms with Crippen molar-refractivity contribution in [2.75, 3.05) is 18.9 Å². The van der Waals surface area contributed by atoms with Gasteiger partial charge in [0.05, 0.1) is 0 Å². The van der Waals surface area contributed by atoms with E-state index in [1.807, 2.05) is 30.5 Å². The molecule has 0 fully saturated rings. The largest absolute Gasteiger partial charge is 0.484 e. The fourth-order valence-corrected chi connectivity index (χ4v) is 2.77. The number of nitrogens with two attached hydrogens (primary N) is 1. The van der Waals surface area contributed by atoms with Crippen LogP contribution in [0.25, 0.3) is 10.9 Å². The maximum Gasteiger partial charge on any atom is 0.422 e. The van der Waals surface area contributed by atoms with Crippen molar-refractivity contribution >= 4 is 16.6 Å². The van der Waals surface area contributed by atoms with Crippen LogP contribution in [0.2, 0.25) is 0 Å². The molecule has 0 saturated heterocycles. The molecular formula is C19H20F3N3O. The molecule has 0 aliphatic carbocycles. The number of hydrogen-bond acceptors (Lipinski definition) is 3. The number of anilines is 1. The first kappa shape index (κ1) is 18.1. The summed E-state index contributed by atoms with van der Waals surface area (Å²) in [6.45, 7) is -0.00330. The number of hydrogen-bond donors (Lipinski definition) is 3. The van der Waals surface area contributed by atoms with Crippen molar-refractivity contribution in [2.45, 2.75) is 19.1 Å². The lowest BCUT2D eigenvalue weighted by Crippen LogP contribution is -2.19. The average Bonchev–Trinajstić information content (AvgIpc) is 2.99. The minimum absolute atomic E-state index is 0.216. The molecular weight excluding hydrogens is 343 g/mol. The lowest BCUT2D eigenvalue weighted by molar-refractivity contribution is -0.153. The highest BCUT2D eigenvalue weighted by molar-refractivity contribution is 5.86. The van der Waals surface area contributed by atoms with Gasteiger partial charge in [0.15, 0.2) is 6.61 Å². The van der Waals surface area contributed by atoms with Gasteiger partial charge < -0.3 is 20.8 Å². The topological polar surface area (TPSA) is 63.1 Å². The Hall–Kier alpha value is -2.67. The van der Waals surface area contributed by atoms with E-state index in [0.717, 1.165) is 35.1 Å². The Morgan fingerprint density at radius 2 is 1.96 bits per heavy atom. The monoisotopic (exact) mass is 363 g/mol. The molecule has 2 aromatic carbocycles. The van der Waals surface area contributed by atoms with Gasteiger partial charge >= 0.3 is 6.18 Å². The maximum absolute atomic E-state index is 12.2. The Morgan fingerprint density at radius 1 is 1.12 bits per heavy atom. The first-order valence-corrected chi connectivity index (χ1v) is 8.25. The van der Waals surface area contributed by atoms with Crippen LogP contribution in [0.15, 0.2) is 48.7 Å². The second kappa shape index (κ2) is 7.70. The predicted molar refractivity (Wildman–Crippen MR) is 96.1 cm³/mol. The zero-order chi connectivity index (χ0) is 18.6. The highest BCUT2D eigenvalue weighted by atomic mass is 19.4. The zero-order valence-corrected chi connectivity index (χ0v) is 14.1. The van der Waals surface area contributed by atoms with E-state index in [1.54, 1.807) is 12.1 Å². The molecule has 0 unspecified atom stereocenters. The molecule has 3 aromatic rings. The lowest BCUT2D eigenvalue weighted by Gasteiger charge is -2.10. The minimum atomic E-state index is -4.34. The fraction of sp³-hybridized carbons (Fsp3) is 0.263. The molecule has 0 aliphatic heterocycles. The summed E-state index contributed by atoms with van der Waals surface area (Å²) in [5, 5.41) is 4.40. The first-order chi connectivity index (χ1) is 12.4. The number of aromatic amines is 1. The number of benzene rings is 2. The minimum Gasteiger partial charge on any atom is -0.484 e. The number of H-pyrrole nitrogens is 1. The highest BCUT2D eigenvalue weighted by Gasteiger charge is 2.28. The summed E-state index contributed by atoms with van der Waals surface area (Å²) in [4.78, 5) is 3.22. The predicted octanol–water partition coefficient (Wildman–Crippen LogP) is 4.02. The van der Waals surface area contributed by atoms with Crippen LogP contribution in [-0.2, 0) is 13.0 Å². The normalized spacial score (nSPS) is 11.8. The van der Waals surface area contributed by atoms with E-state index in [2.05, 4.69) is 10.3 Å². The van der Waals surface area contributed by atoms with Crippen molar-refractivity contribution in [3.05, 3.63) is 59.8 Å². The van der Waals surface area contributed by atoms with Crippen LogP contribution in [0.5, 0.6) is 5.75 Å². The average molecular weight is 363 g/mol. The number of halogens is 3. The molecule has 4 nitrogen and oxygen atoms in total. The molecule has 4 N–H and O–H groups in total. The second-order valence-corrected chi connectivity index (χ2v) is 6.10. The van der Waals surface area contributed by atoms with Crippen molar-refractivity contribution in [1.29, 1.82) is 0 Å². The summed E-state index contributed by atoms with van der Waals surface area (Å²) in [6, 6.07) is 12.4. The standard InChI is InChI=1S/C19H20F3N3O/c20-19(21,22)12-26-16-3-1-2-13(8-16)10-24-7-6-14-11-25-18-5-4-15(23)9-17(14)18/h1-5,8-9,11,24-25H,6-7,10,12,23H2. The SMILES string of the molecule is Nc1ccc2[nH]cc(CCNCc3cccc(OCC(F)(F)F)c3)c2c1. The van der Waals surface area contributed by atoms with E-state index in [9.17, 15) is 13.2 Å². The Balaban J connectivity index is 1.51. The smallest absolute Gasteiger partial charge is 0.422 e. The number of ether oxygens (including phenoxy) is 1. The third-order valence-electron chi connectivity index (χ3n) is 3.99. The molecule has 7 heteroatoms. The van der Waals surface area contributed by atoms with Crippen LogP contribution in [0.1, 0.15) is 11.1 Å². The van der Waals surface area contributed by atoms with Crippen molar-refractivity contribution in [3.63, 3.8) is 0 Å². The molecule has 3 rings (SSSR count). The van der Waals surface area contributed by atoms with Crippen molar-refractivity contribution in [2.24, 2.45) is 0 Å². The van der Waals surface area contributed by atoms with Gasteiger partial charge in [-0.1, -0.05) is 12.1 Å². The van der Waals surface area contributed by atoms with E-state index in [0.29, 0.717) is 6.54 Å². The van der Waals surface area contributed by atoms with Gasteiger partial charge in [0.2, 0.25) is 0 Å². The number of aromatic nitrogens is 1. The molecule has 0 radical (unpaired) electrons. The molecule has 0 amide bonds. The van der Waals surface area contributed by atoms with Gasteiger partial charge in [-0.3, -0.25) is 0 Å². The molecule has 0 spiro atoms. The van der Waals surface area contributed by atoms with Crippen molar-refractivity contribution < 1.29 is 17.9 Å². The molecule has 0 aliphatic rings. The number of rotatable bonds is 7. The van der Waals surface area contributed by atoms with Crippen LogP contribution >= 0.6 is 0 Å². The summed E-state index contributed by atoms with van der Waals surface area (Å²) in [6.07, 6.45) is -1.55. The molecule has 1 aromatic heterocycles. The Kier molecular flexibility index (Phi) is 5.37. The summed E-state index contributed by atoms with van der Waals surface area (Å²) < 4.78 is 41.4. The van der Waals surface area contributed by atoms with Crippen LogP contribution in [0.4, 0.5) is 18.9 Å². The Morgan fingerprint density at radius 3 is 2.77 bits per heavy atom.